The van der Waals surface area contributed by atoms with Crippen LogP contribution in [-0.4, -0.2) is 18.3 Å². The molecular formula is C25H27NO2S. The molecule has 3 aromatic rings. The fourth-order valence-electron chi connectivity index (χ4n) is 2.94. The third-order valence-electron chi connectivity index (χ3n) is 4.86. The van der Waals surface area contributed by atoms with Crippen LogP contribution in [0.3, 0.4) is 0 Å². The van der Waals surface area contributed by atoms with E-state index in [-0.39, 0.29) is 11.9 Å². The highest BCUT2D eigenvalue weighted by molar-refractivity contribution is 7.99. The van der Waals surface area contributed by atoms with E-state index in [4.69, 9.17) is 4.74 Å². The Morgan fingerprint density at radius 2 is 1.69 bits per heavy atom. The molecule has 1 amide bonds. The lowest BCUT2D eigenvalue weighted by molar-refractivity contribution is 0.0940. The van der Waals surface area contributed by atoms with Crippen LogP contribution in [0.15, 0.2) is 77.7 Å². The van der Waals surface area contributed by atoms with Gasteiger partial charge in [-0.3, -0.25) is 4.79 Å². The molecule has 0 aliphatic carbocycles. The predicted octanol–water partition coefficient (Wildman–Crippen LogP) is 5.97. The highest BCUT2D eigenvalue weighted by Crippen LogP contribution is 2.19. The fourth-order valence-corrected chi connectivity index (χ4v) is 3.69. The Kier molecular flexibility index (Phi) is 7.36. The molecular weight excluding hydrogens is 378 g/mol. The Balaban J connectivity index is 1.48. The molecule has 3 nitrogen and oxygen atoms in total. The lowest BCUT2D eigenvalue weighted by atomic mass is 10.0. The van der Waals surface area contributed by atoms with Gasteiger partial charge < -0.3 is 10.1 Å². The van der Waals surface area contributed by atoms with Crippen molar-refractivity contribution in [3.63, 3.8) is 0 Å². The second kappa shape index (κ2) is 10.2. The number of rotatable bonds is 8. The first-order chi connectivity index (χ1) is 14.0. The van der Waals surface area contributed by atoms with Crippen molar-refractivity contribution in [2.24, 2.45) is 0 Å². The van der Waals surface area contributed by atoms with Crippen molar-refractivity contribution < 1.29 is 9.53 Å². The average Bonchev–Trinajstić information content (AvgIpc) is 2.74. The van der Waals surface area contributed by atoms with E-state index in [1.165, 1.54) is 16.0 Å². The highest BCUT2D eigenvalue weighted by Gasteiger charge is 2.12. The first-order valence-electron chi connectivity index (χ1n) is 9.81. The molecule has 1 N–H and O–H groups in total. The molecule has 1 unspecified atom stereocenters. The number of hydrogen-bond donors (Lipinski definition) is 1. The lowest BCUT2D eigenvalue weighted by Gasteiger charge is -2.16. The molecule has 0 saturated carbocycles. The summed E-state index contributed by atoms with van der Waals surface area (Å²) in [6, 6.07) is 23.8. The van der Waals surface area contributed by atoms with Gasteiger partial charge in [0, 0.05) is 16.2 Å². The predicted molar refractivity (Wildman–Crippen MR) is 121 cm³/mol. The molecule has 4 heteroatoms. The van der Waals surface area contributed by atoms with Crippen molar-refractivity contribution >= 4 is 17.7 Å². The van der Waals surface area contributed by atoms with E-state index in [9.17, 15) is 4.79 Å². The summed E-state index contributed by atoms with van der Waals surface area (Å²) in [5, 5.41) is 3.07. The summed E-state index contributed by atoms with van der Waals surface area (Å²) in [5.41, 5.74) is 4.23. The van der Waals surface area contributed by atoms with Crippen molar-refractivity contribution in [1.29, 1.82) is 0 Å². The normalized spacial score (nSPS) is 11.7. The van der Waals surface area contributed by atoms with Gasteiger partial charge in [-0.25, -0.2) is 0 Å². The smallest absolute Gasteiger partial charge is 0.251 e. The quantitative estimate of drug-likeness (QED) is 0.371. The van der Waals surface area contributed by atoms with Crippen LogP contribution in [0.25, 0.3) is 0 Å². The van der Waals surface area contributed by atoms with Crippen LogP contribution in [-0.2, 0) is 0 Å². The van der Waals surface area contributed by atoms with E-state index < -0.39 is 0 Å². The molecule has 0 aliphatic heterocycles. The maximum Gasteiger partial charge on any atom is 0.251 e. The van der Waals surface area contributed by atoms with Crippen LogP contribution in [0.5, 0.6) is 5.75 Å². The van der Waals surface area contributed by atoms with Crippen molar-refractivity contribution in [3.8, 4) is 5.75 Å². The van der Waals surface area contributed by atoms with E-state index in [0.29, 0.717) is 12.2 Å². The summed E-state index contributed by atoms with van der Waals surface area (Å²) >= 11 is 1.77. The fraction of sp³-hybridized carbons (Fsp3) is 0.240. The number of aryl methyl sites for hydroxylation is 2. The van der Waals surface area contributed by atoms with Gasteiger partial charge in [-0.05, 0) is 73.9 Å². The minimum Gasteiger partial charge on any atom is -0.493 e. The SMILES string of the molecule is Cc1ccc(C(C)NC(=O)c2ccc(OCCSc3ccccc3)cc2)cc1C. The summed E-state index contributed by atoms with van der Waals surface area (Å²) in [6.07, 6.45) is 0. The number of carbonyl (C=O) groups is 1. The largest absolute Gasteiger partial charge is 0.493 e. The summed E-state index contributed by atoms with van der Waals surface area (Å²) in [6.45, 7) is 6.80. The molecule has 0 bridgehead atoms. The molecule has 29 heavy (non-hydrogen) atoms. The summed E-state index contributed by atoms with van der Waals surface area (Å²) in [4.78, 5) is 13.8. The maximum absolute atomic E-state index is 12.6. The Morgan fingerprint density at radius 3 is 2.38 bits per heavy atom. The van der Waals surface area contributed by atoms with Crippen LogP contribution >= 0.6 is 11.8 Å². The maximum atomic E-state index is 12.6. The third kappa shape index (κ3) is 6.13. The van der Waals surface area contributed by atoms with Crippen molar-refractivity contribution in [2.75, 3.05) is 12.4 Å². The molecule has 3 rings (SSSR count). The van der Waals surface area contributed by atoms with Crippen LogP contribution in [0.1, 0.15) is 40.0 Å². The molecule has 150 valence electrons. The van der Waals surface area contributed by atoms with E-state index in [2.05, 4.69) is 49.5 Å². The van der Waals surface area contributed by atoms with E-state index in [0.717, 1.165) is 17.1 Å². The molecule has 0 spiro atoms. The monoisotopic (exact) mass is 405 g/mol. The number of ether oxygens (including phenoxy) is 1. The van der Waals surface area contributed by atoms with E-state index >= 15 is 0 Å². The third-order valence-corrected chi connectivity index (χ3v) is 5.84. The van der Waals surface area contributed by atoms with E-state index in [1.807, 2.05) is 49.4 Å². The molecule has 0 aliphatic rings. The minimum atomic E-state index is -0.0816. The number of carbonyl (C=O) groups excluding carboxylic acids is 1. The number of benzene rings is 3. The summed E-state index contributed by atoms with van der Waals surface area (Å²) in [5.74, 6) is 1.57. The van der Waals surface area contributed by atoms with Crippen LogP contribution in [0.4, 0.5) is 0 Å². The first kappa shape index (κ1) is 21.0. The van der Waals surface area contributed by atoms with Gasteiger partial charge >= 0.3 is 0 Å². The molecule has 0 heterocycles. The van der Waals surface area contributed by atoms with Crippen LogP contribution in [0.2, 0.25) is 0 Å². The Bertz CT molecular complexity index is 939. The average molecular weight is 406 g/mol. The zero-order chi connectivity index (χ0) is 20.6. The van der Waals surface area contributed by atoms with E-state index in [1.54, 1.807) is 11.8 Å². The first-order valence-corrected chi connectivity index (χ1v) is 10.8. The zero-order valence-corrected chi connectivity index (χ0v) is 18.0. The second-order valence-electron chi connectivity index (χ2n) is 7.07. The molecule has 3 aromatic carbocycles. The topological polar surface area (TPSA) is 38.3 Å². The van der Waals surface area contributed by atoms with Gasteiger partial charge in [-0.1, -0.05) is 36.4 Å². The minimum absolute atomic E-state index is 0.0484. The number of amides is 1. The van der Waals surface area contributed by atoms with Crippen molar-refractivity contribution in [1.82, 2.24) is 5.32 Å². The van der Waals surface area contributed by atoms with Gasteiger partial charge in [0.25, 0.3) is 5.91 Å². The van der Waals surface area contributed by atoms with Gasteiger partial charge in [-0.15, -0.1) is 11.8 Å². The Hall–Kier alpha value is -2.72. The Morgan fingerprint density at radius 1 is 0.966 bits per heavy atom. The van der Waals surface area contributed by atoms with Gasteiger partial charge in [0.15, 0.2) is 0 Å². The molecule has 0 radical (unpaired) electrons. The van der Waals surface area contributed by atoms with Crippen molar-refractivity contribution in [2.45, 2.75) is 31.7 Å². The number of thioether (sulfide) groups is 1. The standard InChI is InChI=1S/C25H27NO2S/c1-18-9-10-22(17-19(18)2)20(3)26-25(27)21-11-13-23(14-12-21)28-15-16-29-24-7-5-4-6-8-24/h4-14,17,20H,15-16H2,1-3H3,(H,26,27). The zero-order valence-electron chi connectivity index (χ0n) is 17.1. The number of nitrogens with one attached hydrogen (secondary N) is 1. The molecule has 1 atom stereocenters. The Labute approximate surface area is 177 Å². The van der Waals surface area contributed by atoms with Gasteiger partial charge in [0.2, 0.25) is 0 Å². The molecule has 0 aromatic heterocycles. The lowest BCUT2D eigenvalue weighted by Crippen LogP contribution is -2.26. The summed E-state index contributed by atoms with van der Waals surface area (Å²) < 4.78 is 5.78. The van der Waals surface area contributed by atoms with Gasteiger partial charge in [0.05, 0.1) is 12.6 Å². The van der Waals surface area contributed by atoms with Gasteiger partial charge in [0.1, 0.15) is 5.75 Å². The molecule has 0 fully saturated rings. The number of hydrogen-bond acceptors (Lipinski definition) is 3. The second-order valence-corrected chi connectivity index (χ2v) is 8.24. The summed E-state index contributed by atoms with van der Waals surface area (Å²) in [7, 11) is 0. The molecule has 0 saturated heterocycles. The van der Waals surface area contributed by atoms with Crippen LogP contribution in [0, 0.1) is 13.8 Å². The van der Waals surface area contributed by atoms with Gasteiger partial charge in [-0.2, -0.15) is 0 Å². The highest BCUT2D eigenvalue weighted by atomic mass is 32.2. The van der Waals surface area contributed by atoms with Crippen molar-refractivity contribution in [3.05, 3.63) is 95.1 Å². The van der Waals surface area contributed by atoms with Crippen LogP contribution < -0.4 is 10.1 Å².